The van der Waals surface area contributed by atoms with Crippen molar-refractivity contribution < 1.29 is 14.3 Å². The fourth-order valence-electron chi connectivity index (χ4n) is 3.36. The summed E-state index contributed by atoms with van der Waals surface area (Å²) in [5, 5.41) is 13.1. The number of amides is 1. The Labute approximate surface area is 163 Å². The molecule has 27 heavy (non-hydrogen) atoms. The van der Waals surface area contributed by atoms with Crippen LogP contribution in [0.15, 0.2) is 18.2 Å². The highest BCUT2D eigenvalue weighted by molar-refractivity contribution is 7.16. The van der Waals surface area contributed by atoms with Crippen molar-refractivity contribution in [2.24, 2.45) is 0 Å². The van der Waals surface area contributed by atoms with Gasteiger partial charge in [0.1, 0.15) is 11.1 Å². The van der Waals surface area contributed by atoms with Crippen LogP contribution in [0.25, 0.3) is 0 Å². The Kier molecular flexibility index (Phi) is 6.36. The van der Waals surface area contributed by atoms with Crippen LogP contribution in [0, 0.1) is 11.3 Å². The molecule has 1 amide bonds. The Bertz CT molecular complexity index is 867. The zero-order chi connectivity index (χ0) is 19.2. The fourth-order valence-corrected chi connectivity index (χ4v) is 4.62. The van der Waals surface area contributed by atoms with Gasteiger partial charge in [-0.25, -0.2) is 0 Å². The van der Waals surface area contributed by atoms with Crippen molar-refractivity contribution >= 4 is 22.2 Å². The van der Waals surface area contributed by atoms with Gasteiger partial charge in [-0.05, 0) is 62.3 Å². The van der Waals surface area contributed by atoms with Gasteiger partial charge in [0.25, 0.3) is 0 Å². The Hall–Kier alpha value is -2.52. The van der Waals surface area contributed by atoms with Crippen LogP contribution < -0.4 is 14.8 Å². The standard InChI is InChI=1S/C21H24N2O3S/c1-3-26-17-10-8-14(12-18(17)25-2)9-11-20(24)23-21-16(13-22)15-6-4-5-7-19(15)27-21/h8,10,12H,3-7,9,11H2,1-2H3,(H,23,24). The first-order valence-electron chi connectivity index (χ1n) is 9.30. The third-order valence-electron chi connectivity index (χ3n) is 4.70. The largest absolute Gasteiger partial charge is 0.493 e. The average molecular weight is 385 g/mol. The van der Waals surface area contributed by atoms with Crippen LogP contribution in [0.4, 0.5) is 5.00 Å². The number of thiophene rings is 1. The summed E-state index contributed by atoms with van der Waals surface area (Å²) in [6.07, 6.45) is 5.18. The van der Waals surface area contributed by atoms with Gasteiger partial charge in [-0.2, -0.15) is 5.26 Å². The number of hydrogen-bond acceptors (Lipinski definition) is 5. The maximum absolute atomic E-state index is 12.4. The van der Waals surface area contributed by atoms with Gasteiger partial charge in [0.05, 0.1) is 19.3 Å². The van der Waals surface area contributed by atoms with Gasteiger partial charge in [-0.3, -0.25) is 4.79 Å². The number of fused-ring (bicyclic) bond motifs is 1. The Balaban J connectivity index is 1.64. The number of carbonyl (C=O) groups is 1. The van der Waals surface area contributed by atoms with Gasteiger partial charge in [-0.15, -0.1) is 11.3 Å². The third kappa shape index (κ3) is 4.42. The molecule has 3 rings (SSSR count). The van der Waals surface area contributed by atoms with Gasteiger partial charge >= 0.3 is 0 Å². The second-order valence-corrected chi connectivity index (χ2v) is 7.60. The highest BCUT2D eigenvalue weighted by Gasteiger charge is 2.21. The molecule has 142 valence electrons. The number of nitrogens with one attached hydrogen (secondary N) is 1. The quantitative estimate of drug-likeness (QED) is 0.764. The number of benzene rings is 1. The molecule has 0 fully saturated rings. The van der Waals surface area contributed by atoms with E-state index in [0.29, 0.717) is 41.5 Å². The SMILES string of the molecule is CCOc1ccc(CCC(=O)Nc2sc3c(c2C#N)CCCC3)cc1OC. The number of aryl methyl sites for hydroxylation is 2. The van der Waals surface area contributed by atoms with Crippen LogP contribution in [-0.4, -0.2) is 19.6 Å². The molecule has 6 heteroatoms. The molecule has 1 aromatic heterocycles. The molecule has 1 N–H and O–H groups in total. The molecule has 0 bridgehead atoms. The van der Waals surface area contributed by atoms with Crippen molar-refractivity contribution in [1.29, 1.82) is 5.26 Å². The second kappa shape index (κ2) is 8.92. The van der Waals surface area contributed by atoms with E-state index < -0.39 is 0 Å². The van der Waals surface area contributed by atoms with E-state index in [1.807, 2.05) is 25.1 Å². The molecular formula is C21H24N2O3S. The van der Waals surface area contributed by atoms with E-state index in [9.17, 15) is 10.1 Å². The summed E-state index contributed by atoms with van der Waals surface area (Å²) >= 11 is 1.56. The first-order valence-corrected chi connectivity index (χ1v) is 10.1. The van der Waals surface area contributed by atoms with E-state index in [2.05, 4.69) is 11.4 Å². The number of methoxy groups -OCH3 is 1. The van der Waals surface area contributed by atoms with Gasteiger partial charge in [0.15, 0.2) is 11.5 Å². The third-order valence-corrected chi connectivity index (χ3v) is 5.91. The molecular weight excluding hydrogens is 360 g/mol. The van der Waals surface area contributed by atoms with Crippen LogP contribution in [-0.2, 0) is 24.1 Å². The number of carbonyl (C=O) groups excluding carboxylic acids is 1. The first kappa shape index (κ1) is 19.2. The number of nitriles is 1. The summed E-state index contributed by atoms with van der Waals surface area (Å²) in [4.78, 5) is 13.7. The maximum atomic E-state index is 12.4. The molecule has 0 atom stereocenters. The Morgan fingerprint density at radius 3 is 2.85 bits per heavy atom. The summed E-state index contributed by atoms with van der Waals surface area (Å²) < 4.78 is 10.9. The van der Waals surface area contributed by atoms with Gasteiger partial charge in [-0.1, -0.05) is 6.07 Å². The number of nitrogens with zero attached hydrogens (tertiary/aromatic N) is 1. The highest BCUT2D eigenvalue weighted by Crippen LogP contribution is 2.37. The lowest BCUT2D eigenvalue weighted by Crippen LogP contribution is -2.12. The van der Waals surface area contributed by atoms with Crippen molar-refractivity contribution in [2.75, 3.05) is 19.0 Å². The number of hydrogen-bond donors (Lipinski definition) is 1. The number of ether oxygens (including phenoxy) is 2. The molecule has 0 spiro atoms. The van der Waals surface area contributed by atoms with Crippen LogP contribution in [0.2, 0.25) is 0 Å². The molecule has 5 nitrogen and oxygen atoms in total. The van der Waals surface area contributed by atoms with E-state index in [1.165, 1.54) is 4.88 Å². The molecule has 0 unspecified atom stereocenters. The fraction of sp³-hybridized carbons (Fsp3) is 0.429. The Morgan fingerprint density at radius 2 is 2.11 bits per heavy atom. The van der Waals surface area contributed by atoms with Crippen LogP contribution >= 0.6 is 11.3 Å². The zero-order valence-corrected chi connectivity index (χ0v) is 16.6. The topological polar surface area (TPSA) is 71.3 Å². The van der Waals surface area contributed by atoms with Gasteiger partial charge in [0.2, 0.25) is 5.91 Å². The average Bonchev–Trinajstić information content (AvgIpc) is 3.04. The van der Waals surface area contributed by atoms with Crippen LogP contribution in [0.3, 0.4) is 0 Å². The summed E-state index contributed by atoms with van der Waals surface area (Å²) in [7, 11) is 1.61. The molecule has 0 saturated heterocycles. The monoisotopic (exact) mass is 384 g/mol. The Morgan fingerprint density at radius 1 is 1.30 bits per heavy atom. The number of rotatable bonds is 7. The minimum atomic E-state index is -0.0713. The van der Waals surface area contributed by atoms with Gasteiger partial charge < -0.3 is 14.8 Å². The summed E-state index contributed by atoms with van der Waals surface area (Å²) in [6.45, 7) is 2.50. The zero-order valence-electron chi connectivity index (χ0n) is 15.8. The molecule has 0 saturated carbocycles. The predicted molar refractivity (Wildman–Crippen MR) is 107 cm³/mol. The molecule has 2 aromatic rings. The normalized spacial score (nSPS) is 12.8. The second-order valence-electron chi connectivity index (χ2n) is 6.49. The molecule has 1 aliphatic rings. The van der Waals surface area contributed by atoms with Crippen molar-refractivity contribution in [3.05, 3.63) is 39.8 Å². The molecule has 1 aromatic carbocycles. The van der Waals surface area contributed by atoms with E-state index in [1.54, 1.807) is 18.4 Å². The van der Waals surface area contributed by atoms with Crippen LogP contribution in [0.5, 0.6) is 11.5 Å². The van der Waals surface area contributed by atoms with Crippen molar-refractivity contribution in [2.45, 2.75) is 45.4 Å². The molecule has 1 aliphatic carbocycles. The predicted octanol–water partition coefficient (Wildman–Crippen LogP) is 4.48. The lowest BCUT2D eigenvalue weighted by molar-refractivity contribution is -0.116. The summed E-state index contributed by atoms with van der Waals surface area (Å²) in [5.74, 6) is 1.31. The minimum absolute atomic E-state index is 0.0713. The molecule has 1 heterocycles. The van der Waals surface area contributed by atoms with E-state index in [4.69, 9.17) is 9.47 Å². The van der Waals surface area contributed by atoms with Crippen LogP contribution in [0.1, 0.15) is 47.8 Å². The summed E-state index contributed by atoms with van der Waals surface area (Å²) in [6, 6.07) is 8.01. The summed E-state index contributed by atoms with van der Waals surface area (Å²) in [5.41, 5.74) is 2.81. The lowest BCUT2D eigenvalue weighted by Gasteiger charge is -2.11. The smallest absolute Gasteiger partial charge is 0.225 e. The van der Waals surface area contributed by atoms with Crippen molar-refractivity contribution in [3.63, 3.8) is 0 Å². The molecule has 0 radical (unpaired) electrons. The lowest BCUT2D eigenvalue weighted by atomic mass is 9.96. The van der Waals surface area contributed by atoms with Crippen molar-refractivity contribution in [3.8, 4) is 17.6 Å². The first-order chi connectivity index (χ1) is 13.2. The van der Waals surface area contributed by atoms with E-state index >= 15 is 0 Å². The number of anilines is 1. The highest BCUT2D eigenvalue weighted by atomic mass is 32.1. The van der Waals surface area contributed by atoms with E-state index in [0.717, 1.165) is 36.8 Å². The van der Waals surface area contributed by atoms with Crippen molar-refractivity contribution in [1.82, 2.24) is 0 Å². The minimum Gasteiger partial charge on any atom is -0.493 e. The maximum Gasteiger partial charge on any atom is 0.225 e. The van der Waals surface area contributed by atoms with Gasteiger partial charge in [0, 0.05) is 11.3 Å². The molecule has 0 aliphatic heterocycles. The van der Waals surface area contributed by atoms with E-state index in [-0.39, 0.29) is 5.91 Å².